The number of hydrogen-bond acceptors (Lipinski definition) is 4. The van der Waals surface area contributed by atoms with Gasteiger partial charge in [0.05, 0.1) is 17.4 Å². The second kappa shape index (κ2) is 2.97. The van der Waals surface area contributed by atoms with Crippen LogP contribution in [0.3, 0.4) is 0 Å². The van der Waals surface area contributed by atoms with Crippen LogP contribution in [0.2, 0.25) is 0 Å². The molecule has 5 atom stereocenters. The van der Waals surface area contributed by atoms with Crippen LogP contribution in [-0.2, 0) is 14.3 Å². The van der Waals surface area contributed by atoms with Crippen molar-refractivity contribution in [2.24, 2.45) is 17.3 Å². The lowest BCUT2D eigenvalue weighted by Gasteiger charge is -2.34. The molecular formula is C11H14O5. The fraction of sp³-hybridized carbons (Fsp3) is 0.818. The summed E-state index contributed by atoms with van der Waals surface area (Å²) in [5, 5.41) is 19.1. The predicted octanol–water partition coefficient (Wildman–Crippen LogP) is 0.164. The lowest BCUT2D eigenvalue weighted by Crippen LogP contribution is -2.43. The highest BCUT2D eigenvalue weighted by Crippen LogP contribution is 2.60. The first-order chi connectivity index (χ1) is 7.55. The van der Waals surface area contributed by atoms with E-state index >= 15 is 0 Å². The zero-order valence-electron chi connectivity index (χ0n) is 8.76. The number of carboxylic acids is 1. The Hall–Kier alpha value is -1.10. The highest BCUT2D eigenvalue weighted by atomic mass is 16.6. The molecule has 2 aliphatic carbocycles. The number of ether oxygens (including phenoxy) is 1. The average molecular weight is 226 g/mol. The Morgan fingerprint density at radius 1 is 1.44 bits per heavy atom. The second-order valence-corrected chi connectivity index (χ2v) is 5.15. The Bertz CT molecular complexity index is 365. The van der Waals surface area contributed by atoms with Gasteiger partial charge in [0.25, 0.3) is 0 Å². The van der Waals surface area contributed by atoms with Crippen molar-refractivity contribution in [1.29, 1.82) is 0 Å². The van der Waals surface area contributed by atoms with Crippen LogP contribution in [0.5, 0.6) is 0 Å². The summed E-state index contributed by atoms with van der Waals surface area (Å²) in [6, 6.07) is 0. The maximum atomic E-state index is 11.9. The number of rotatable bonds is 1. The fourth-order valence-electron chi connectivity index (χ4n) is 3.87. The van der Waals surface area contributed by atoms with Gasteiger partial charge >= 0.3 is 11.9 Å². The van der Waals surface area contributed by atoms with Crippen molar-refractivity contribution >= 4 is 11.9 Å². The quantitative estimate of drug-likeness (QED) is 0.622. The number of hydrogen-bond donors (Lipinski definition) is 2. The molecule has 1 aliphatic heterocycles. The van der Waals surface area contributed by atoms with Crippen molar-refractivity contribution in [3.8, 4) is 0 Å². The van der Waals surface area contributed by atoms with Crippen LogP contribution in [0.4, 0.5) is 0 Å². The molecule has 1 spiro atoms. The Labute approximate surface area is 92.4 Å². The van der Waals surface area contributed by atoms with E-state index < -0.39 is 29.4 Å². The highest BCUT2D eigenvalue weighted by molar-refractivity contribution is 5.87. The molecule has 2 N–H and O–H groups in total. The van der Waals surface area contributed by atoms with Crippen LogP contribution in [-0.4, -0.2) is 34.4 Å². The SMILES string of the molecule is O=C(O)C1CC(O)C2CCC3CC12C(=O)O3. The lowest BCUT2D eigenvalue weighted by molar-refractivity contribution is -0.158. The molecule has 1 saturated heterocycles. The van der Waals surface area contributed by atoms with Gasteiger partial charge in [-0.2, -0.15) is 0 Å². The summed E-state index contributed by atoms with van der Waals surface area (Å²) in [6.45, 7) is 0. The first kappa shape index (κ1) is 10.1. The van der Waals surface area contributed by atoms with Gasteiger partial charge in [-0.05, 0) is 19.3 Å². The molecule has 1 heterocycles. The number of aliphatic carboxylic acids is 1. The molecule has 2 bridgehead atoms. The molecule has 3 fully saturated rings. The van der Waals surface area contributed by atoms with Gasteiger partial charge < -0.3 is 14.9 Å². The minimum Gasteiger partial charge on any atom is -0.481 e. The smallest absolute Gasteiger partial charge is 0.313 e. The van der Waals surface area contributed by atoms with Crippen LogP contribution in [0.25, 0.3) is 0 Å². The van der Waals surface area contributed by atoms with Crippen LogP contribution in [0, 0.1) is 17.3 Å². The second-order valence-electron chi connectivity index (χ2n) is 5.15. The van der Waals surface area contributed by atoms with Gasteiger partial charge in [0, 0.05) is 12.3 Å². The predicted molar refractivity (Wildman–Crippen MR) is 51.4 cm³/mol. The molecule has 5 nitrogen and oxygen atoms in total. The molecular weight excluding hydrogens is 212 g/mol. The fourth-order valence-corrected chi connectivity index (χ4v) is 3.87. The Morgan fingerprint density at radius 2 is 2.19 bits per heavy atom. The number of carbonyl (C=O) groups excluding carboxylic acids is 1. The van der Waals surface area contributed by atoms with E-state index in [-0.39, 0.29) is 18.4 Å². The zero-order chi connectivity index (χ0) is 11.5. The van der Waals surface area contributed by atoms with Crippen LogP contribution in [0.15, 0.2) is 0 Å². The molecule has 2 saturated carbocycles. The molecule has 16 heavy (non-hydrogen) atoms. The molecule has 3 rings (SSSR count). The van der Waals surface area contributed by atoms with Crippen LogP contribution in [0.1, 0.15) is 25.7 Å². The number of esters is 1. The molecule has 0 amide bonds. The van der Waals surface area contributed by atoms with Crippen molar-refractivity contribution < 1.29 is 24.5 Å². The zero-order valence-corrected chi connectivity index (χ0v) is 8.76. The maximum Gasteiger partial charge on any atom is 0.313 e. The molecule has 0 aromatic heterocycles. The van der Waals surface area contributed by atoms with Gasteiger partial charge in [-0.1, -0.05) is 0 Å². The summed E-state index contributed by atoms with van der Waals surface area (Å²) in [7, 11) is 0. The number of aliphatic hydroxyl groups is 1. The van der Waals surface area contributed by atoms with Crippen molar-refractivity contribution in [2.75, 3.05) is 0 Å². The summed E-state index contributed by atoms with van der Waals surface area (Å²) in [5.41, 5.74) is -0.936. The third-order valence-electron chi connectivity index (χ3n) is 4.54. The summed E-state index contributed by atoms with van der Waals surface area (Å²) in [5.74, 6) is -2.38. The summed E-state index contributed by atoms with van der Waals surface area (Å²) in [6.07, 6.45) is 1.30. The summed E-state index contributed by atoms with van der Waals surface area (Å²) >= 11 is 0. The standard InChI is InChI=1S/C11H14O5/c12-8-3-7(9(13)14)11-4-5(16-10(11)15)1-2-6(8)11/h5-8,12H,1-4H2,(H,13,14). The van der Waals surface area contributed by atoms with E-state index in [2.05, 4.69) is 0 Å². The molecule has 0 radical (unpaired) electrons. The minimum atomic E-state index is -0.985. The largest absolute Gasteiger partial charge is 0.481 e. The van der Waals surface area contributed by atoms with E-state index in [1.807, 2.05) is 0 Å². The number of fused-ring (bicyclic) bond motifs is 1. The Morgan fingerprint density at radius 3 is 2.88 bits per heavy atom. The van der Waals surface area contributed by atoms with E-state index in [9.17, 15) is 19.8 Å². The van der Waals surface area contributed by atoms with E-state index in [0.29, 0.717) is 12.8 Å². The first-order valence-corrected chi connectivity index (χ1v) is 5.67. The monoisotopic (exact) mass is 226 g/mol. The third kappa shape index (κ3) is 0.993. The number of carboxylic acid groups (broad SMARTS) is 1. The molecule has 5 heteroatoms. The molecule has 0 aromatic carbocycles. The molecule has 3 aliphatic rings. The third-order valence-corrected chi connectivity index (χ3v) is 4.54. The summed E-state index contributed by atoms with van der Waals surface area (Å²) < 4.78 is 5.21. The topological polar surface area (TPSA) is 83.8 Å². The van der Waals surface area contributed by atoms with Gasteiger partial charge in [0.15, 0.2) is 0 Å². The maximum absolute atomic E-state index is 11.9. The summed E-state index contributed by atoms with van der Waals surface area (Å²) in [4.78, 5) is 23.1. The van der Waals surface area contributed by atoms with E-state index in [1.54, 1.807) is 0 Å². The van der Waals surface area contributed by atoms with E-state index in [0.717, 1.165) is 6.42 Å². The van der Waals surface area contributed by atoms with Crippen molar-refractivity contribution in [2.45, 2.75) is 37.9 Å². The van der Waals surface area contributed by atoms with E-state index in [4.69, 9.17) is 4.74 Å². The van der Waals surface area contributed by atoms with Gasteiger partial charge in [-0.15, -0.1) is 0 Å². The average Bonchev–Trinajstić information content (AvgIpc) is 2.65. The van der Waals surface area contributed by atoms with E-state index in [1.165, 1.54) is 0 Å². The van der Waals surface area contributed by atoms with Gasteiger partial charge in [0.2, 0.25) is 0 Å². The van der Waals surface area contributed by atoms with Gasteiger partial charge in [0.1, 0.15) is 6.10 Å². The molecule has 0 aromatic rings. The van der Waals surface area contributed by atoms with Crippen molar-refractivity contribution in [1.82, 2.24) is 0 Å². The van der Waals surface area contributed by atoms with Gasteiger partial charge in [-0.3, -0.25) is 9.59 Å². The van der Waals surface area contributed by atoms with Crippen LogP contribution >= 0.6 is 0 Å². The highest BCUT2D eigenvalue weighted by Gasteiger charge is 2.68. The Balaban J connectivity index is 2.07. The Kier molecular flexibility index (Phi) is 1.87. The van der Waals surface area contributed by atoms with Gasteiger partial charge in [-0.25, -0.2) is 0 Å². The lowest BCUT2D eigenvalue weighted by atomic mass is 9.65. The van der Waals surface area contributed by atoms with Crippen molar-refractivity contribution in [3.63, 3.8) is 0 Å². The molecule has 5 unspecified atom stereocenters. The van der Waals surface area contributed by atoms with Crippen LogP contribution < -0.4 is 0 Å². The normalized spacial score (nSPS) is 49.9. The number of aliphatic hydroxyl groups excluding tert-OH is 1. The molecule has 88 valence electrons. The minimum absolute atomic E-state index is 0.129. The first-order valence-electron chi connectivity index (χ1n) is 5.67. The van der Waals surface area contributed by atoms with Crippen molar-refractivity contribution in [3.05, 3.63) is 0 Å². The number of carbonyl (C=O) groups is 2.